The van der Waals surface area contributed by atoms with Crippen molar-refractivity contribution in [2.75, 3.05) is 36.5 Å². The Labute approximate surface area is 194 Å². The van der Waals surface area contributed by atoms with Gasteiger partial charge in [-0.05, 0) is 43.7 Å². The van der Waals surface area contributed by atoms with E-state index >= 15 is 0 Å². The molecule has 3 aromatic rings. The molecule has 0 spiro atoms. The van der Waals surface area contributed by atoms with E-state index in [1.54, 1.807) is 6.92 Å². The number of carbonyl (C=O) groups is 1. The first kappa shape index (κ1) is 22.6. The van der Waals surface area contributed by atoms with Gasteiger partial charge in [0.2, 0.25) is 11.9 Å². The van der Waals surface area contributed by atoms with Crippen LogP contribution >= 0.6 is 23.4 Å². The Balaban J connectivity index is 1.60. The maximum atomic E-state index is 14.1. The second-order valence-electron chi connectivity index (χ2n) is 7.38. The smallest absolute Gasteiger partial charge is 0.237 e. The summed E-state index contributed by atoms with van der Waals surface area (Å²) in [6.07, 6.45) is 0. The van der Waals surface area contributed by atoms with Gasteiger partial charge in [-0.1, -0.05) is 41.6 Å². The summed E-state index contributed by atoms with van der Waals surface area (Å²) >= 11 is 7.06. The van der Waals surface area contributed by atoms with Crippen LogP contribution in [0, 0.1) is 12.7 Å². The highest BCUT2D eigenvalue weighted by atomic mass is 35.5. The Hall–Kier alpha value is -2.62. The zero-order chi connectivity index (χ0) is 22.7. The van der Waals surface area contributed by atoms with Crippen LogP contribution in [0.5, 0.6) is 0 Å². The number of halogens is 2. The standard InChI is InChI=1S/C22H23ClFN5O2S/c1-14-5-3-4-6-19(14)29-21(28-9-11-31-12-10-28)26-27-22(29)32-15(2)20(30)25-18-8-7-16(23)13-17(18)24/h3-8,13,15H,9-12H2,1-2H3,(H,25,30). The molecule has 4 rings (SSSR count). The molecule has 10 heteroatoms. The van der Waals surface area contributed by atoms with Crippen LogP contribution in [0.3, 0.4) is 0 Å². The van der Waals surface area contributed by atoms with Gasteiger partial charge in [-0.25, -0.2) is 4.39 Å². The van der Waals surface area contributed by atoms with Crippen molar-refractivity contribution < 1.29 is 13.9 Å². The van der Waals surface area contributed by atoms with Crippen molar-refractivity contribution in [3.63, 3.8) is 0 Å². The average molecular weight is 476 g/mol. The second kappa shape index (κ2) is 9.89. The fourth-order valence-corrected chi connectivity index (χ4v) is 4.38. The number of ether oxygens (including phenoxy) is 1. The van der Waals surface area contributed by atoms with Gasteiger partial charge in [-0.15, -0.1) is 10.2 Å². The molecule has 2 heterocycles. The number of aryl methyl sites for hydroxylation is 1. The van der Waals surface area contributed by atoms with Crippen LogP contribution in [0.4, 0.5) is 16.0 Å². The summed E-state index contributed by atoms with van der Waals surface area (Å²) in [5.41, 5.74) is 2.09. The summed E-state index contributed by atoms with van der Waals surface area (Å²) in [4.78, 5) is 14.9. The fourth-order valence-electron chi connectivity index (χ4n) is 3.37. The summed E-state index contributed by atoms with van der Waals surface area (Å²) in [7, 11) is 0. The predicted octanol–water partition coefficient (Wildman–Crippen LogP) is 4.32. The number of anilines is 2. The van der Waals surface area contributed by atoms with E-state index in [1.807, 2.05) is 35.8 Å². The monoisotopic (exact) mass is 475 g/mol. The zero-order valence-electron chi connectivity index (χ0n) is 17.7. The predicted molar refractivity (Wildman–Crippen MR) is 124 cm³/mol. The summed E-state index contributed by atoms with van der Waals surface area (Å²) < 4.78 is 21.5. The maximum Gasteiger partial charge on any atom is 0.237 e. The minimum atomic E-state index is -0.583. The molecule has 1 fully saturated rings. The zero-order valence-corrected chi connectivity index (χ0v) is 19.3. The number of para-hydroxylation sites is 1. The highest BCUT2D eigenvalue weighted by Gasteiger charge is 2.25. The Morgan fingerprint density at radius 1 is 1.22 bits per heavy atom. The van der Waals surface area contributed by atoms with Gasteiger partial charge in [0.15, 0.2) is 5.16 Å². The normalized spacial score (nSPS) is 14.9. The first-order chi connectivity index (χ1) is 15.4. The first-order valence-corrected chi connectivity index (χ1v) is 11.5. The van der Waals surface area contributed by atoms with Crippen molar-refractivity contribution in [1.82, 2.24) is 14.8 Å². The largest absolute Gasteiger partial charge is 0.378 e. The van der Waals surface area contributed by atoms with E-state index < -0.39 is 11.1 Å². The van der Waals surface area contributed by atoms with E-state index in [9.17, 15) is 9.18 Å². The Morgan fingerprint density at radius 3 is 2.69 bits per heavy atom. The van der Waals surface area contributed by atoms with E-state index in [0.717, 1.165) is 11.3 Å². The highest BCUT2D eigenvalue weighted by Crippen LogP contribution is 2.31. The third-order valence-corrected chi connectivity index (χ3v) is 6.38. The number of morpholine rings is 1. The number of carbonyl (C=O) groups excluding carboxylic acids is 1. The van der Waals surface area contributed by atoms with Gasteiger partial charge in [0.1, 0.15) is 5.82 Å². The van der Waals surface area contributed by atoms with Crippen molar-refractivity contribution in [3.8, 4) is 5.69 Å². The topological polar surface area (TPSA) is 72.3 Å². The van der Waals surface area contributed by atoms with Crippen LogP contribution in [0.25, 0.3) is 5.69 Å². The molecule has 1 saturated heterocycles. The van der Waals surface area contributed by atoms with Crippen LogP contribution < -0.4 is 10.2 Å². The summed E-state index contributed by atoms with van der Waals surface area (Å²) in [6.45, 7) is 6.43. The Kier molecular flexibility index (Phi) is 6.98. The lowest BCUT2D eigenvalue weighted by Gasteiger charge is -2.28. The van der Waals surface area contributed by atoms with Crippen LogP contribution in [-0.4, -0.2) is 52.2 Å². The van der Waals surface area contributed by atoms with Gasteiger partial charge >= 0.3 is 0 Å². The molecular weight excluding hydrogens is 453 g/mol. The van der Waals surface area contributed by atoms with Gasteiger partial charge in [0, 0.05) is 18.1 Å². The van der Waals surface area contributed by atoms with Crippen LogP contribution in [0.15, 0.2) is 47.6 Å². The third kappa shape index (κ3) is 4.90. The number of rotatable bonds is 6. The summed E-state index contributed by atoms with van der Waals surface area (Å²) in [6, 6.07) is 12.1. The fraction of sp³-hybridized carbons (Fsp3) is 0.318. The molecule has 32 heavy (non-hydrogen) atoms. The highest BCUT2D eigenvalue weighted by molar-refractivity contribution is 8.00. The number of amides is 1. The van der Waals surface area contributed by atoms with E-state index in [2.05, 4.69) is 20.4 Å². The van der Waals surface area contributed by atoms with Crippen LogP contribution in [0.1, 0.15) is 12.5 Å². The molecular formula is C22H23ClFN5O2S. The van der Waals surface area contributed by atoms with Crippen molar-refractivity contribution >= 4 is 40.9 Å². The average Bonchev–Trinajstić information content (AvgIpc) is 3.19. The molecule has 1 amide bonds. The van der Waals surface area contributed by atoms with Crippen LogP contribution in [-0.2, 0) is 9.53 Å². The number of aromatic nitrogens is 3. The van der Waals surface area contributed by atoms with Crippen LogP contribution in [0.2, 0.25) is 5.02 Å². The molecule has 0 saturated carbocycles. The molecule has 0 aliphatic carbocycles. The Bertz CT molecular complexity index is 1120. The number of benzene rings is 2. The molecule has 0 bridgehead atoms. The van der Waals surface area contributed by atoms with E-state index in [4.69, 9.17) is 16.3 Å². The van der Waals surface area contributed by atoms with E-state index in [-0.39, 0.29) is 16.6 Å². The maximum absolute atomic E-state index is 14.1. The molecule has 0 radical (unpaired) electrons. The van der Waals surface area contributed by atoms with Gasteiger partial charge in [-0.2, -0.15) is 0 Å². The molecule has 1 aromatic heterocycles. The lowest BCUT2D eigenvalue weighted by atomic mass is 10.2. The molecule has 1 aliphatic heterocycles. The number of hydrogen-bond donors (Lipinski definition) is 1. The minimum absolute atomic E-state index is 0.0845. The minimum Gasteiger partial charge on any atom is -0.378 e. The summed E-state index contributed by atoms with van der Waals surface area (Å²) in [5, 5.41) is 11.7. The SMILES string of the molecule is Cc1ccccc1-n1c(SC(C)C(=O)Nc2ccc(Cl)cc2F)nnc1N1CCOCC1. The molecule has 168 valence electrons. The van der Waals surface area contributed by atoms with E-state index in [1.165, 1.54) is 30.0 Å². The number of hydrogen-bond acceptors (Lipinski definition) is 6. The van der Waals surface area contributed by atoms with Crippen molar-refractivity contribution in [2.45, 2.75) is 24.3 Å². The van der Waals surface area contributed by atoms with Gasteiger partial charge in [-0.3, -0.25) is 9.36 Å². The first-order valence-electron chi connectivity index (χ1n) is 10.2. The molecule has 1 N–H and O–H groups in total. The third-order valence-electron chi connectivity index (χ3n) is 5.11. The molecule has 7 nitrogen and oxygen atoms in total. The number of nitrogens with zero attached hydrogens (tertiary/aromatic N) is 4. The van der Waals surface area contributed by atoms with Gasteiger partial charge < -0.3 is 15.0 Å². The quantitative estimate of drug-likeness (QED) is 0.535. The van der Waals surface area contributed by atoms with Crippen molar-refractivity contribution in [2.24, 2.45) is 0 Å². The van der Waals surface area contributed by atoms with Gasteiger partial charge in [0.05, 0.1) is 29.8 Å². The summed E-state index contributed by atoms with van der Waals surface area (Å²) in [5.74, 6) is -0.217. The second-order valence-corrected chi connectivity index (χ2v) is 9.12. The van der Waals surface area contributed by atoms with Crippen molar-refractivity contribution in [3.05, 3.63) is 58.9 Å². The number of nitrogens with one attached hydrogen (secondary N) is 1. The molecule has 1 aliphatic rings. The van der Waals surface area contributed by atoms with Gasteiger partial charge in [0.25, 0.3) is 0 Å². The Morgan fingerprint density at radius 2 is 1.97 bits per heavy atom. The molecule has 1 atom stereocenters. The molecule has 1 unspecified atom stereocenters. The van der Waals surface area contributed by atoms with E-state index in [0.29, 0.717) is 37.4 Å². The lowest BCUT2D eigenvalue weighted by molar-refractivity contribution is -0.115. The lowest BCUT2D eigenvalue weighted by Crippen LogP contribution is -2.38. The van der Waals surface area contributed by atoms with Crippen molar-refractivity contribution in [1.29, 1.82) is 0 Å². The number of thioether (sulfide) groups is 1. The molecule has 2 aromatic carbocycles.